The van der Waals surface area contributed by atoms with Gasteiger partial charge < -0.3 is 19.5 Å². The predicted octanol–water partition coefficient (Wildman–Crippen LogP) is 4.73. The molecule has 0 saturated heterocycles. The summed E-state index contributed by atoms with van der Waals surface area (Å²) in [4.78, 5) is 28.2. The molecule has 1 N–H and O–H groups in total. The summed E-state index contributed by atoms with van der Waals surface area (Å²) in [5, 5.41) is 13.5. The second-order valence-corrected chi connectivity index (χ2v) is 8.50. The quantitative estimate of drug-likeness (QED) is 0.379. The number of hydrogen-bond acceptors (Lipinski definition) is 5. The molecule has 0 radical (unpaired) electrons. The molecule has 35 heavy (non-hydrogen) atoms. The highest BCUT2D eigenvalue weighted by molar-refractivity contribution is 6.11. The van der Waals surface area contributed by atoms with Crippen LogP contribution in [0.15, 0.2) is 91.0 Å². The number of anilines is 1. The van der Waals surface area contributed by atoms with Gasteiger partial charge in [-0.2, -0.15) is 0 Å². The fourth-order valence-electron chi connectivity index (χ4n) is 4.58. The summed E-state index contributed by atoms with van der Waals surface area (Å²) in [6.45, 7) is 0.398. The summed E-state index contributed by atoms with van der Waals surface area (Å²) in [5.74, 6) is 0.333. The number of carbonyl (C=O) groups excluding carboxylic acids is 2. The van der Waals surface area contributed by atoms with Gasteiger partial charge in [0.05, 0.1) is 25.8 Å². The molecule has 4 aromatic rings. The summed E-state index contributed by atoms with van der Waals surface area (Å²) in [5.41, 5.74) is -0.476. The van der Waals surface area contributed by atoms with Crippen molar-refractivity contribution in [2.45, 2.75) is 12.0 Å². The molecule has 0 aliphatic carbocycles. The number of benzene rings is 4. The van der Waals surface area contributed by atoms with E-state index in [1.165, 1.54) is 4.90 Å². The Morgan fingerprint density at radius 1 is 0.886 bits per heavy atom. The van der Waals surface area contributed by atoms with E-state index in [-0.39, 0.29) is 25.4 Å². The number of para-hydroxylation sites is 3. The lowest BCUT2D eigenvalue weighted by Gasteiger charge is -2.23. The normalized spacial score (nSPS) is 16.9. The minimum Gasteiger partial charge on any atom is -0.493 e. The number of methoxy groups -OCH3 is 1. The molecule has 4 aromatic carbocycles. The molecule has 0 fully saturated rings. The van der Waals surface area contributed by atoms with Crippen molar-refractivity contribution in [3.05, 3.63) is 102 Å². The van der Waals surface area contributed by atoms with Gasteiger partial charge in [-0.25, -0.2) is 0 Å². The zero-order chi connectivity index (χ0) is 24.4. The van der Waals surface area contributed by atoms with E-state index in [1.807, 2.05) is 42.5 Å². The van der Waals surface area contributed by atoms with Crippen molar-refractivity contribution >= 4 is 28.2 Å². The highest BCUT2D eigenvalue weighted by Crippen LogP contribution is 2.43. The van der Waals surface area contributed by atoms with Crippen LogP contribution in [-0.2, 0) is 10.4 Å². The van der Waals surface area contributed by atoms with Crippen LogP contribution in [0.4, 0.5) is 5.69 Å². The highest BCUT2D eigenvalue weighted by Gasteiger charge is 2.50. The Balaban J connectivity index is 1.37. The van der Waals surface area contributed by atoms with Crippen LogP contribution in [0.5, 0.6) is 11.5 Å². The van der Waals surface area contributed by atoms with Crippen LogP contribution in [0.25, 0.3) is 10.8 Å². The number of aliphatic hydroxyl groups is 1. The minimum absolute atomic E-state index is 0.190. The van der Waals surface area contributed by atoms with Crippen LogP contribution in [0.3, 0.4) is 0 Å². The van der Waals surface area contributed by atoms with Crippen molar-refractivity contribution in [1.29, 1.82) is 0 Å². The van der Waals surface area contributed by atoms with Crippen LogP contribution in [0.1, 0.15) is 22.3 Å². The number of fused-ring (bicyclic) bond motifs is 2. The van der Waals surface area contributed by atoms with E-state index in [4.69, 9.17) is 9.47 Å². The number of amides is 1. The van der Waals surface area contributed by atoms with Crippen LogP contribution in [0.2, 0.25) is 0 Å². The smallest absolute Gasteiger partial charge is 0.264 e. The van der Waals surface area contributed by atoms with Crippen molar-refractivity contribution in [3.63, 3.8) is 0 Å². The summed E-state index contributed by atoms with van der Waals surface area (Å²) in [7, 11) is 1.56. The molecule has 0 saturated carbocycles. The highest BCUT2D eigenvalue weighted by atomic mass is 16.5. The van der Waals surface area contributed by atoms with Gasteiger partial charge in [-0.3, -0.25) is 9.59 Å². The van der Waals surface area contributed by atoms with Crippen LogP contribution in [-0.4, -0.2) is 37.1 Å². The zero-order valence-corrected chi connectivity index (χ0v) is 19.3. The lowest BCUT2D eigenvalue weighted by molar-refractivity contribution is -0.135. The van der Waals surface area contributed by atoms with Gasteiger partial charge >= 0.3 is 0 Å². The van der Waals surface area contributed by atoms with E-state index in [0.717, 1.165) is 10.8 Å². The van der Waals surface area contributed by atoms with E-state index in [9.17, 15) is 14.7 Å². The van der Waals surface area contributed by atoms with E-state index < -0.39 is 11.5 Å². The van der Waals surface area contributed by atoms with Crippen molar-refractivity contribution in [2.75, 3.05) is 25.2 Å². The van der Waals surface area contributed by atoms with Crippen molar-refractivity contribution in [2.24, 2.45) is 0 Å². The molecular formula is C29H25NO5. The Kier molecular flexibility index (Phi) is 5.97. The summed E-state index contributed by atoms with van der Waals surface area (Å²) in [6, 6.07) is 27.4. The average Bonchev–Trinajstić information content (AvgIpc) is 3.10. The second-order valence-electron chi connectivity index (χ2n) is 8.50. The molecule has 1 amide bonds. The van der Waals surface area contributed by atoms with Gasteiger partial charge in [0, 0.05) is 11.1 Å². The molecule has 6 nitrogen and oxygen atoms in total. The van der Waals surface area contributed by atoms with Crippen LogP contribution in [0, 0.1) is 0 Å². The standard InChI is InChI=1S/C29H25NO5/c1-34-26-12-6-7-13-27(26)35-17-16-30-24-11-5-4-10-23(24)29(33,28(30)32)19-25(31)22-15-14-20-8-2-3-9-21(20)18-22/h2-15,18,33H,16-17,19H2,1H3/t29-/m0/s1. The molecule has 1 heterocycles. The molecule has 6 heteroatoms. The summed E-state index contributed by atoms with van der Waals surface area (Å²) >= 11 is 0. The largest absolute Gasteiger partial charge is 0.493 e. The van der Waals surface area contributed by atoms with Gasteiger partial charge in [-0.05, 0) is 35.0 Å². The third kappa shape index (κ3) is 4.13. The molecule has 5 rings (SSSR count). The summed E-state index contributed by atoms with van der Waals surface area (Å²) < 4.78 is 11.2. The molecule has 0 unspecified atom stereocenters. The van der Waals surface area contributed by atoms with Gasteiger partial charge in [0.2, 0.25) is 0 Å². The SMILES string of the molecule is COc1ccccc1OCCN1C(=O)[C@](O)(CC(=O)c2ccc3ccccc3c2)c2ccccc21. The van der Waals surface area contributed by atoms with Gasteiger partial charge in [-0.15, -0.1) is 0 Å². The third-order valence-electron chi connectivity index (χ3n) is 6.37. The Bertz CT molecular complexity index is 1420. The van der Waals surface area contributed by atoms with Gasteiger partial charge in [0.25, 0.3) is 5.91 Å². The second kappa shape index (κ2) is 9.24. The Morgan fingerprint density at radius 2 is 1.57 bits per heavy atom. The first-order chi connectivity index (χ1) is 17.0. The lowest BCUT2D eigenvalue weighted by Crippen LogP contribution is -2.43. The molecule has 0 bridgehead atoms. The topological polar surface area (TPSA) is 76.1 Å². The Labute approximate surface area is 203 Å². The number of nitrogens with zero attached hydrogens (tertiary/aromatic N) is 1. The first kappa shape index (κ1) is 22.6. The maximum atomic E-state index is 13.5. The van der Waals surface area contributed by atoms with Crippen molar-refractivity contribution < 1.29 is 24.2 Å². The maximum absolute atomic E-state index is 13.5. The first-order valence-corrected chi connectivity index (χ1v) is 11.4. The molecule has 1 atom stereocenters. The number of ether oxygens (including phenoxy) is 2. The fraction of sp³-hybridized carbons (Fsp3) is 0.172. The van der Waals surface area contributed by atoms with E-state index in [0.29, 0.717) is 28.3 Å². The molecule has 0 aromatic heterocycles. The number of Topliss-reactive ketones (excluding diaryl/α,β-unsaturated/α-hetero) is 1. The lowest BCUT2D eigenvalue weighted by atomic mass is 9.88. The molecule has 176 valence electrons. The maximum Gasteiger partial charge on any atom is 0.264 e. The summed E-state index contributed by atoms with van der Waals surface area (Å²) in [6.07, 6.45) is -0.342. The molecule has 1 aliphatic rings. The van der Waals surface area contributed by atoms with Crippen molar-refractivity contribution in [1.82, 2.24) is 0 Å². The molecule has 0 spiro atoms. The van der Waals surface area contributed by atoms with Gasteiger partial charge in [0.15, 0.2) is 22.9 Å². The minimum atomic E-state index is -1.94. The van der Waals surface area contributed by atoms with E-state index in [1.54, 1.807) is 55.6 Å². The molecular weight excluding hydrogens is 442 g/mol. The van der Waals surface area contributed by atoms with Crippen LogP contribution < -0.4 is 14.4 Å². The average molecular weight is 468 g/mol. The van der Waals surface area contributed by atoms with E-state index in [2.05, 4.69) is 0 Å². The van der Waals surface area contributed by atoms with Crippen LogP contribution >= 0.6 is 0 Å². The first-order valence-electron chi connectivity index (χ1n) is 11.4. The number of hydrogen-bond donors (Lipinski definition) is 1. The van der Waals surface area contributed by atoms with Gasteiger partial charge in [0.1, 0.15) is 6.61 Å². The molecule has 1 aliphatic heterocycles. The number of ketones is 1. The Hall–Kier alpha value is -4.16. The predicted molar refractivity (Wildman–Crippen MR) is 134 cm³/mol. The fourth-order valence-corrected chi connectivity index (χ4v) is 4.58. The zero-order valence-electron chi connectivity index (χ0n) is 19.3. The van der Waals surface area contributed by atoms with Gasteiger partial charge in [-0.1, -0.05) is 66.7 Å². The number of carbonyl (C=O) groups is 2. The third-order valence-corrected chi connectivity index (χ3v) is 6.37. The van der Waals surface area contributed by atoms with E-state index >= 15 is 0 Å². The Morgan fingerprint density at radius 3 is 2.37 bits per heavy atom. The monoisotopic (exact) mass is 467 g/mol. The number of rotatable bonds is 8. The van der Waals surface area contributed by atoms with Crippen molar-refractivity contribution in [3.8, 4) is 11.5 Å².